The monoisotopic (exact) mass is 557 g/mol. The molecule has 0 spiro atoms. The average Bonchev–Trinajstić information content (AvgIpc) is 3.72. The summed E-state index contributed by atoms with van der Waals surface area (Å²) in [7, 11) is -1.28. The molecular weight excluding hydrogens is 518 g/mol. The number of fused-ring (bicyclic) bond motifs is 4. The molecule has 2 aliphatic heterocycles. The summed E-state index contributed by atoms with van der Waals surface area (Å²) in [5, 5.41) is 10.9. The van der Waals surface area contributed by atoms with Crippen molar-refractivity contribution in [2.75, 3.05) is 33.2 Å². The van der Waals surface area contributed by atoms with Gasteiger partial charge < -0.3 is 14.9 Å². The van der Waals surface area contributed by atoms with Crippen LogP contribution in [-0.2, 0) is 21.9 Å². The van der Waals surface area contributed by atoms with Gasteiger partial charge in [0.15, 0.2) is 0 Å². The average molecular weight is 558 g/mol. The van der Waals surface area contributed by atoms with E-state index in [2.05, 4.69) is 29.8 Å². The van der Waals surface area contributed by atoms with Gasteiger partial charge in [0.05, 0.1) is 4.90 Å². The molecule has 2 aromatic rings. The van der Waals surface area contributed by atoms with Gasteiger partial charge in [-0.1, -0.05) is 24.6 Å². The SMILES string of the molecule is C[C@H]1[C@H]2Cc3ccc(O)cc3[C@]1(CCN1CCC(N(C3CC3)S(=O)(=O)c3ccc(Cl)cc3)CC1)CCN2C. The Bertz CT molecular complexity index is 1270. The van der Waals surface area contributed by atoms with E-state index in [1.165, 1.54) is 11.1 Å². The quantitative estimate of drug-likeness (QED) is 0.525. The number of phenolic OH excluding ortho intramolecular Hbond substituents is 1. The Morgan fingerprint density at radius 1 is 1.03 bits per heavy atom. The highest BCUT2D eigenvalue weighted by Crippen LogP contribution is 2.51. The molecule has 3 fully saturated rings. The summed E-state index contributed by atoms with van der Waals surface area (Å²) in [6.45, 7) is 6.35. The van der Waals surface area contributed by atoms with Gasteiger partial charge in [-0.05, 0) is 132 Å². The highest BCUT2D eigenvalue weighted by Gasteiger charge is 2.50. The van der Waals surface area contributed by atoms with Crippen LogP contribution >= 0.6 is 11.6 Å². The van der Waals surface area contributed by atoms with E-state index in [-0.39, 0.29) is 17.5 Å². The van der Waals surface area contributed by atoms with Crippen LogP contribution in [0.3, 0.4) is 0 Å². The molecule has 3 atom stereocenters. The number of halogens is 1. The predicted octanol–water partition coefficient (Wildman–Crippen LogP) is 4.89. The first-order chi connectivity index (χ1) is 18.2. The summed E-state index contributed by atoms with van der Waals surface area (Å²) in [5.41, 5.74) is 2.83. The minimum absolute atomic E-state index is 0.0524. The second kappa shape index (κ2) is 10.1. The van der Waals surface area contributed by atoms with Crippen molar-refractivity contribution in [3.63, 3.8) is 0 Å². The summed E-state index contributed by atoms with van der Waals surface area (Å²) >= 11 is 6.02. The van der Waals surface area contributed by atoms with Gasteiger partial charge in [-0.3, -0.25) is 0 Å². The summed E-state index contributed by atoms with van der Waals surface area (Å²) in [6, 6.07) is 13.3. The zero-order valence-electron chi connectivity index (χ0n) is 22.5. The first-order valence-corrected chi connectivity index (χ1v) is 16.0. The molecule has 2 aliphatic carbocycles. The number of rotatable bonds is 7. The van der Waals surface area contributed by atoms with E-state index in [1.54, 1.807) is 24.3 Å². The molecule has 2 saturated heterocycles. The molecule has 2 aromatic carbocycles. The van der Waals surface area contributed by atoms with E-state index in [0.29, 0.717) is 27.6 Å². The minimum Gasteiger partial charge on any atom is -0.508 e. The third-order valence-corrected chi connectivity index (χ3v) is 12.3. The largest absolute Gasteiger partial charge is 0.508 e. The first-order valence-electron chi connectivity index (χ1n) is 14.2. The minimum atomic E-state index is -3.54. The molecule has 0 radical (unpaired) electrons. The van der Waals surface area contributed by atoms with Gasteiger partial charge in [-0.15, -0.1) is 0 Å². The van der Waals surface area contributed by atoms with Crippen LogP contribution in [0.15, 0.2) is 47.4 Å². The number of aromatic hydroxyl groups is 1. The highest BCUT2D eigenvalue weighted by atomic mass is 35.5. The van der Waals surface area contributed by atoms with Gasteiger partial charge in [0.2, 0.25) is 10.0 Å². The molecule has 4 aliphatic rings. The van der Waals surface area contributed by atoms with E-state index >= 15 is 0 Å². The number of likely N-dealkylation sites (N-methyl/N-ethyl adjacent to an activating group) is 1. The maximum absolute atomic E-state index is 13.6. The molecule has 0 aromatic heterocycles. The molecule has 206 valence electrons. The Balaban J connectivity index is 1.15. The fraction of sp³-hybridized carbons (Fsp3) is 0.600. The molecule has 2 heterocycles. The molecule has 2 bridgehead atoms. The van der Waals surface area contributed by atoms with Crippen molar-refractivity contribution in [3.8, 4) is 5.75 Å². The number of sulfonamides is 1. The molecule has 1 saturated carbocycles. The lowest BCUT2D eigenvalue weighted by Gasteiger charge is -2.56. The van der Waals surface area contributed by atoms with Crippen LogP contribution in [0.5, 0.6) is 5.75 Å². The Hall–Kier alpha value is -1.64. The number of nitrogens with zero attached hydrogens (tertiary/aromatic N) is 3. The normalized spacial score (nSPS) is 28.9. The maximum atomic E-state index is 13.6. The second-order valence-corrected chi connectivity index (χ2v) is 14.4. The Morgan fingerprint density at radius 3 is 2.39 bits per heavy atom. The van der Waals surface area contributed by atoms with E-state index in [9.17, 15) is 13.5 Å². The Morgan fingerprint density at radius 2 is 1.71 bits per heavy atom. The first kappa shape index (κ1) is 26.6. The molecule has 6 rings (SSSR count). The van der Waals surface area contributed by atoms with Crippen LogP contribution in [0, 0.1) is 5.92 Å². The number of phenols is 1. The van der Waals surface area contributed by atoms with Crippen molar-refractivity contribution >= 4 is 21.6 Å². The lowest BCUT2D eigenvalue weighted by molar-refractivity contribution is 0.0272. The van der Waals surface area contributed by atoms with Crippen molar-refractivity contribution < 1.29 is 13.5 Å². The summed E-state index contributed by atoms with van der Waals surface area (Å²) < 4.78 is 29.0. The van der Waals surface area contributed by atoms with E-state index < -0.39 is 10.0 Å². The van der Waals surface area contributed by atoms with Crippen molar-refractivity contribution in [2.45, 2.75) is 80.3 Å². The fourth-order valence-electron chi connectivity index (χ4n) is 7.65. The number of likely N-dealkylation sites (tertiary alicyclic amines) is 2. The van der Waals surface area contributed by atoms with Crippen LogP contribution in [0.4, 0.5) is 0 Å². The van der Waals surface area contributed by atoms with Crippen LogP contribution in [-0.4, -0.2) is 79.0 Å². The maximum Gasteiger partial charge on any atom is 0.243 e. The molecule has 0 unspecified atom stereocenters. The van der Waals surface area contributed by atoms with E-state index in [1.807, 2.05) is 16.4 Å². The Labute approximate surface area is 232 Å². The topological polar surface area (TPSA) is 64.1 Å². The third-order valence-electron chi connectivity index (χ3n) is 10.1. The van der Waals surface area contributed by atoms with Crippen LogP contribution in [0.2, 0.25) is 5.02 Å². The molecule has 0 amide bonds. The van der Waals surface area contributed by atoms with Gasteiger partial charge >= 0.3 is 0 Å². The van der Waals surface area contributed by atoms with Gasteiger partial charge in [-0.2, -0.15) is 4.31 Å². The van der Waals surface area contributed by atoms with Crippen LogP contribution in [0.1, 0.15) is 56.6 Å². The number of piperidine rings is 2. The standard InChI is InChI=1S/C30H40ClN3O3S/c1-21-29-19-22-3-8-26(35)20-28(22)30(21,13-17-32(29)2)14-18-33-15-11-25(12-16-33)34(24-6-7-24)38(36,37)27-9-4-23(31)5-10-27/h3-5,8-10,20-21,24-25,29,35H,6-7,11-19H2,1-2H3/t21-,29+,30-/m0/s1. The van der Waals surface area contributed by atoms with Crippen LogP contribution < -0.4 is 0 Å². The number of benzene rings is 2. The van der Waals surface area contributed by atoms with Crippen molar-refractivity contribution in [1.29, 1.82) is 0 Å². The van der Waals surface area contributed by atoms with Gasteiger partial charge in [0, 0.05) is 28.6 Å². The summed E-state index contributed by atoms with van der Waals surface area (Å²) in [5.74, 6) is 0.901. The zero-order valence-corrected chi connectivity index (χ0v) is 24.1. The van der Waals surface area contributed by atoms with Crippen molar-refractivity contribution in [1.82, 2.24) is 14.1 Å². The van der Waals surface area contributed by atoms with Crippen molar-refractivity contribution in [2.24, 2.45) is 5.92 Å². The summed E-state index contributed by atoms with van der Waals surface area (Å²) in [4.78, 5) is 5.42. The van der Waals surface area contributed by atoms with Gasteiger partial charge in [0.1, 0.15) is 5.75 Å². The fourth-order valence-corrected chi connectivity index (χ4v) is 9.71. The molecular formula is C30H40ClN3O3S. The Kier molecular flexibility index (Phi) is 7.05. The molecule has 6 nitrogen and oxygen atoms in total. The lowest BCUT2D eigenvalue weighted by atomic mass is 9.56. The van der Waals surface area contributed by atoms with Gasteiger partial charge in [-0.25, -0.2) is 8.42 Å². The highest BCUT2D eigenvalue weighted by molar-refractivity contribution is 7.89. The van der Waals surface area contributed by atoms with E-state index in [4.69, 9.17) is 11.6 Å². The van der Waals surface area contributed by atoms with E-state index in [0.717, 1.165) is 71.1 Å². The smallest absolute Gasteiger partial charge is 0.243 e. The molecule has 38 heavy (non-hydrogen) atoms. The number of hydrogen-bond donors (Lipinski definition) is 1. The lowest BCUT2D eigenvalue weighted by Crippen LogP contribution is -2.58. The third kappa shape index (κ3) is 4.68. The zero-order chi connectivity index (χ0) is 26.7. The number of hydrogen-bond acceptors (Lipinski definition) is 5. The van der Waals surface area contributed by atoms with Crippen LogP contribution in [0.25, 0.3) is 0 Å². The van der Waals surface area contributed by atoms with Crippen molar-refractivity contribution in [3.05, 3.63) is 58.6 Å². The predicted molar refractivity (Wildman–Crippen MR) is 151 cm³/mol. The molecule has 1 N–H and O–H groups in total. The second-order valence-electron chi connectivity index (χ2n) is 12.1. The van der Waals surface area contributed by atoms with Gasteiger partial charge in [0.25, 0.3) is 0 Å². The molecule has 8 heteroatoms. The summed E-state index contributed by atoms with van der Waals surface area (Å²) in [6.07, 6.45) is 6.89.